The van der Waals surface area contributed by atoms with Gasteiger partial charge >= 0.3 is 0 Å². The van der Waals surface area contributed by atoms with Crippen LogP contribution in [0.15, 0.2) is 53.0 Å². The van der Waals surface area contributed by atoms with Gasteiger partial charge in [0.1, 0.15) is 0 Å². The molecule has 0 spiro atoms. The van der Waals surface area contributed by atoms with E-state index in [1.165, 1.54) is 0 Å². The van der Waals surface area contributed by atoms with Gasteiger partial charge in [0.25, 0.3) is 0 Å². The highest BCUT2D eigenvalue weighted by atomic mass is 79.9. The Morgan fingerprint density at radius 1 is 1.15 bits per heavy atom. The van der Waals surface area contributed by atoms with Crippen LogP contribution in [-0.2, 0) is 10.2 Å². The minimum atomic E-state index is -0.341. The number of amides is 1. The predicted octanol–water partition coefficient (Wildman–Crippen LogP) is 4.43. The van der Waals surface area contributed by atoms with Crippen LogP contribution in [-0.4, -0.2) is 5.91 Å². The van der Waals surface area contributed by atoms with E-state index in [1.54, 1.807) is 0 Å². The fourth-order valence-corrected chi connectivity index (χ4v) is 2.91. The highest BCUT2D eigenvalue weighted by Gasteiger charge is 2.51. The fraction of sp³-hybridized carbons (Fsp3) is 0.235. The van der Waals surface area contributed by atoms with Crippen molar-refractivity contribution in [2.75, 3.05) is 5.32 Å². The Bertz CT molecular complexity index is 662. The zero-order valence-corrected chi connectivity index (χ0v) is 12.9. The van der Waals surface area contributed by atoms with Gasteiger partial charge in [-0.25, -0.2) is 0 Å². The fourth-order valence-electron chi connectivity index (χ4n) is 2.51. The molecule has 2 aromatic rings. The number of aryl methyl sites for hydroxylation is 1. The lowest BCUT2D eigenvalue weighted by Crippen LogP contribution is -2.28. The van der Waals surface area contributed by atoms with E-state index < -0.39 is 0 Å². The van der Waals surface area contributed by atoms with Crippen LogP contribution in [0.3, 0.4) is 0 Å². The van der Waals surface area contributed by atoms with Gasteiger partial charge in [0.15, 0.2) is 0 Å². The van der Waals surface area contributed by atoms with E-state index in [-0.39, 0.29) is 11.3 Å². The highest BCUT2D eigenvalue weighted by molar-refractivity contribution is 9.10. The molecule has 1 saturated carbocycles. The average molecular weight is 330 g/mol. The third kappa shape index (κ3) is 2.38. The van der Waals surface area contributed by atoms with Gasteiger partial charge in [0.2, 0.25) is 5.91 Å². The topological polar surface area (TPSA) is 29.1 Å². The summed E-state index contributed by atoms with van der Waals surface area (Å²) in [6.07, 6.45) is 1.84. The van der Waals surface area contributed by atoms with Crippen molar-refractivity contribution in [2.45, 2.75) is 25.2 Å². The van der Waals surface area contributed by atoms with E-state index >= 15 is 0 Å². The van der Waals surface area contributed by atoms with E-state index in [4.69, 9.17) is 0 Å². The molecule has 0 radical (unpaired) electrons. The molecule has 0 atom stereocenters. The minimum Gasteiger partial charge on any atom is -0.325 e. The maximum Gasteiger partial charge on any atom is 0.235 e. The SMILES string of the molecule is Cc1ccccc1NC(=O)C1(c2cccc(Br)c2)CC1. The lowest BCUT2D eigenvalue weighted by Gasteiger charge is -2.17. The summed E-state index contributed by atoms with van der Waals surface area (Å²) < 4.78 is 1.02. The third-order valence-electron chi connectivity index (χ3n) is 3.96. The first kappa shape index (κ1) is 13.4. The molecular weight excluding hydrogens is 314 g/mol. The molecule has 3 heteroatoms. The maximum atomic E-state index is 12.6. The first-order valence-corrected chi connectivity index (χ1v) is 7.54. The zero-order valence-electron chi connectivity index (χ0n) is 11.3. The normalized spacial score (nSPS) is 15.7. The molecule has 3 rings (SSSR count). The van der Waals surface area contributed by atoms with Crippen LogP contribution in [0.1, 0.15) is 24.0 Å². The molecule has 0 aliphatic heterocycles. The highest BCUT2D eigenvalue weighted by Crippen LogP contribution is 2.49. The minimum absolute atomic E-state index is 0.102. The molecule has 0 unspecified atom stereocenters. The number of carbonyl (C=O) groups is 1. The van der Waals surface area contributed by atoms with Crippen molar-refractivity contribution in [3.8, 4) is 0 Å². The van der Waals surface area contributed by atoms with Gasteiger partial charge in [-0.1, -0.05) is 46.3 Å². The van der Waals surface area contributed by atoms with Gasteiger partial charge in [0.05, 0.1) is 5.41 Å². The summed E-state index contributed by atoms with van der Waals surface area (Å²) in [6, 6.07) is 15.9. The summed E-state index contributed by atoms with van der Waals surface area (Å²) in [5, 5.41) is 3.08. The molecule has 1 amide bonds. The largest absolute Gasteiger partial charge is 0.325 e. The van der Waals surface area contributed by atoms with Crippen LogP contribution < -0.4 is 5.32 Å². The van der Waals surface area contributed by atoms with Crippen molar-refractivity contribution in [2.24, 2.45) is 0 Å². The number of para-hydroxylation sites is 1. The summed E-state index contributed by atoms with van der Waals surface area (Å²) in [4.78, 5) is 12.6. The number of carbonyl (C=O) groups excluding carboxylic acids is 1. The Balaban J connectivity index is 1.86. The number of halogens is 1. The monoisotopic (exact) mass is 329 g/mol. The Morgan fingerprint density at radius 2 is 1.90 bits per heavy atom. The lowest BCUT2D eigenvalue weighted by molar-refractivity contribution is -0.118. The average Bonchev–Trinajstić information content (AvgIpc) is 3.23. The standard InChI is InChI=1S/C17H16BrNO/c1-12-5-2-3-8-15(12)19-16(20)17(9-10-17)13-6-4-7-14(18)11-13/h2-8,11H,9-10H2,1H3,(H,19,20). The molecule has 1 fully saturated rings. The van der Waals surface area contributed by atoms with E-state index in [1.807, 2.05) is 55.5 Å². The second kappa shape index (κ2) is 5.06. The molecule has 0 heterocycles. The number of hydrogen-bond acceptors (Lipinski definition) is 1. The van der Waals surface area contributed by atoms with Crippen molar-refractivity contribution in [1.29, 1.82) is 0 Å². The Hall–Kier alpha value is -1.61. The number of benzene rings is 2. The van der Waals surface area contributed by atoms with Crippen molar-refractivity contribution < 1.29 is 4.79 Å². The van der Waals surface area contributed by atoms with Crippen LogP contribution in [0.2, 0.25) is 0 Å². The molecule has 1 aliphatic rings. The van der Waals surface area contributed by atoms with Crippen LogP contribution >= 0.6 is 15.9 Å². The molecule has 2 aromatic carbocycles. The van der Waals surface area contributed by atoms with E-state index in [0.29, 0.717) is 0 Å². The van der Waals surface area contributed by atoms with E-state index in [9.17, 15) is 4.79 Å². The van der Waals surface area contributed by atoms with E-state index in [2.05, 4.69) is 21.2 Å². The molecule has 0 aromatic heterocycles. The number of nitrogens with one attached hydrogen (secondary N) is 1. The quantitative estimate of drug-likeness (QED) is 0.886. The Labute approximate surface area is 127 Å². The van der Waals surface area contributed by atoms with Gasteiger partial charge in [-0.2, -0.15) is 0 Å². The summed E-state index contributed by atoms with van der Waals surface area (Å²) >= 11 is 3.48. The lowest BCUT2D eigenvalue weighted by atomic mass is 9.95. The predicted molar refractivity (Wildman–Crippen MR) is 84.9 cm³/mol. The molecular formula is C17H16BrNO. The summed E-state index contributed by atoms with van der Waals surface area (Å²) in [5.74, 6) is 0.102. The molecule has 0 bridgehead atoms. The Kier molecular flexibility index (Phi) is 3.38. The van der Waals surface area contributed by atoms with Crippen LogP contribution in [0.5, 0.6) is 0 Å². The maximum absolute atomic E-state index is 12.6. The molecule has 102 valence electrons. The molecule has 1 N–H and O–H groups in total. The summed E-state index contributed by atoms with van der Waals surface area (Å²) in [5.41, 5.74) is 2.74. The summed E-state index contributed by atoms with van der Waals surface area (Å²) in [7, 11) is 0. The van der Waals surface area contributed by atoms with Gasteiger partial charge in [0, 0.05) is 10.2 Å². The molecule has 2 nitrogen and oxygen atoms in total. The second-order valence-corrected chi connectivity index (χ2v) is 6.28. The van der Waals surface area contributed by atoms with Crippen molar-refractivity contribution in [1.82, 2.24) is 0 Å². The first-order chi connectivity index (χ1) is 9.62. The van der Waals surface area contributed by atoms with Gasteiger partial charge in [-0.15, -0.1) is 0 Å². The molecule has 1 aliphatic carbocycles. The smallest absolute Gasteiger partial charge is 0.235 e. The van der Waals surface area contributed by atoms with Crippen LogP contribution in [0.4, 0.5) is 5.69 Å². The first-order valence-electron chi connectivity index (χ1n) is 6.75. The zero-order chi connectivity index (χ0) is 14.2. The number of rotatable bonds is 3. The third-order valence-corrected chi connectivity index (χ3v) is 4.45. The second-order valence-electron chi connectivity index (χ2n) is 5.36. The molecule has 0 saturated heterocycles. The molecule has 20 heavy (non-hydrogen) atoms. The Morgan fingerprint density at radius 3 is 2.55 bits per heavy atom. The van der Waals surface area contributed by atoms with E-state index in [0.717, 1.165) is 34.1 Å². The van der Waals surface area contributed by atoms with Gasteiger partial charge in [-0.05, 0) is 49.1 Å². The van der Waals surface area contributed by atoms with Crippen molar-refractivity contribution in [3.05, 3.63) is 64.1 Å². The van der Waals surface area contributed by atoms with Crippen LogP contribution in [0.25, 0.3) is 0 Å². The summed E-state index contributed by atoms with van der Waals surface area (Å²) in [6.45, 7) is 2.01. The van der Waals surface area contributed by atoms with Crippen LogP contribution in [0, 0.1) is 6.92 Å². The number of anilines is 1. The van der Waals surface area contributed by atoms with Crippen molar-refractivity contribution >= 4 is 27.5 Å². The number of hydrogen-bond donors (Lipinski definition) is 1. The van der Waals surface area contributed by atoms with Gasteiger partial charge < -0.3 is 5.32 Å². The van der Waals surface area contributed by atoms with Gasteiger partial charge in [-0.3, -0.25) is 4.79 Å². The van der Waals surface area contributed by atoms with Crippen molar-refractivity contribution in [3.63, 3.8) is 0 Å².